The van der Waals surface area contributed by atoms with E-state index in [1.165, 1.54) is 25.9 Å². The van der Waals surface area contributed by atoms with Crippen LogP contribution in [0.15, 0.2) is 0 Å². The summed E-state index contributed by atoms with van der Waals surface area (Å²) in [6, 6.07) is 0.206. The number of rotatable bonds is 4. The lowest BCUT2D eigenvalue weighted by Gasteiger charge is -2.30. The van der Waals surface area contributed by atoms with Crippen molar-refractivity contribution < 1.29 is 4.79 Å². The first-order valence-corrected chi connectivity index (χ1v) is 6.89. The molecule has 0 atom stereocenters. The van der Waals surface area contributed by atoms with E-state index in [-0.39, 0.29) is 6.03 Å². The van der Waals surface area contributed by atoms with E-state index >= 15 is 0 Å². The molecule has 0 N–H and O–H groups in total. The lowest BCUT2D eigenvalue weighted by molar-refractivity contribution is 0.176. The molecule has 2 fully saturated rings. The maximum absolute atomic E-state index is 11.7. The van der Waals surface area contributed by atoms with Gasteiger partial charge in [-0.05, 0) is 44.8 Å². The fourth-order valence-corrected chi connectivity index (χ4v) is 2.68. The van der Waals surface area contributed by atoms with Gasteiger partial charge in [-0.1, -0.05) is 6.92 Å². The smallest absolute Gasteiger partial charge is 0.319 e. The van der Waals surface area contributed by atoms with E-state index in [1.807, 2.05) is 16.8 Å². The van der Waals surface area contributed by atoms with Crippen LogP contribution in [0.1, 0.15) is 26.2 Å². The van der Waals surface area contributed by atoms with E-state index in [4.69, 9.17) is 0 Å². The molecule has 2 saturated heterocycles. The minimum Gasteiger partial charge on any atom is -0.326 e. The van der Waals surface area contributed by atoms with E-state index in [0.717, 1.165) is 38.5 Å². The van der Waals surface area contributed by atoms with Crippen molar-refractivity contribution in [2.45, 2.75) is 26.2 Å². The second-order valence-corrected chi connectivity index (χ2v) is 5.57. The molecule has 0 spiro atoms. The Bertz CT molecular complexity index is 261. The summed E-state index contributed by atoms with van der Waals surface area (Å²) >= 11 is 0. The van der Waals surface area contributed by atoms with Crippen molar-refractivity contribution in [3.63, 3.8) is 0 Å². The van der Waals surface area contributed by atoms with Gasteiger partial charge in [-0.3, -0.25) is 0 Å². The summed E-state index contributed by atoms with van der Waals surface area (Å²) in [5.74, 6) is 0.903. The molecule has 0 aromatic heterocycles. The average molecular weight is 239 g/mol. The summed E-state index contributed by atoms with van der Waals surface area (Å²) in [4.78, 5) is 18.0. The van der Waals surface area contributed by atoms with Crippen molar-refractivity contribution in [1.82, 2.24) is 14.7 Å². The predicted molar refractivity (Wildman–Crippen MR) is 69.1 cm³/mol. The molecule has 17 heavy (non-hydrogen) atoms. The number of nitrogens with zero attached hydrogens (tertiary/aromatic N) is 3. The van der Waals surface area contributed by atoms with Crippen molar-refractivity contribution in [2.24, 2.45) is 5.92 Å². The highest BCUT2D eigenvalue weighted by atomic mass is 16.2. The van der Waals surface area contributed by atoms with Gasteiger partial charge in [-0.15, -0.1) is 0 Å². The van der Waals surface area contributed by atoms with Gasteiger partial charge in [0.15, 0.2) is 0 Å². The summed E-state index contributed by atoms with van der Waals surface area (Å²) in [5, 5.41) is 0. The van der Waals surface area contributed by atoms with Crippen LogP contribution in [-0.4, -0.2) is 67.0 Å². The zero-order valence-corrected chi connectivity index (χ0v) is 11.2. The monoisotopic (exact) mass is 239 g/mol. The molecule has 2 heterocycles. The normalized spacial score (nSPS) is 23.8. The van der Waals surface area contributed by atoms with Gasteiger partial charge < -0.3 is 14.7 Å². The Morgan fingerprint density at radius 1 is 1.12 bits per heavy atom. The van der Waals surface area contributed by atoms with Crippen molar-refractivity contribution in [1.29, 1.82) is 0 Å². The maximum atomic E-state index is 11.7. The number of likely N-dealkylation sites (N-methyl/N-ethyl adjacent to an activating group) is 1. The summed E-state index contributed by atoms with van der Waals surface area (Å²) in [6.07, 6.45) is 3.80. The third kappa shape index (κ3) is 3.35. The Morgan fingerprint density at radius 2 is 1.82 bits per heavy atom. The van der Waals surface area contributed by atoms with Gasteiger partial charge in [0.1, 0.15) is 0 Å². The average Bonchev–Trinajstić information content (AvgIpc) is 2.64. The fourth-order valence-electron chi connectivity index (χ4n) is 2.68. The molecule has 2 amide bonds. The standard InChI is InChI=1S/C13H25N3O/c1-12-4-8-15(9-5-12)6-3-7-16-11-10-14(2)13(16)17/h12H,3-11H2,1-2H3. The SMILES string of the molecule is CC1CCN(CCCN2CCN(C)C2=O)CC1. The minimum atomic E-state index is 0.206. The first-order chi connectivity index (χ1) is 8.16. The summed E-state index contributed by atoms with van der Waals surface area (Å²) < 4.78 is 0. The molecule has 2 aliphatic rings. The number of carbonyl (C=O) groups excluding carboxylic acids is 1. The van der Waals surface area contributed by atoms with Gasteiger partial charge in [0.05, 0.1) is 0 Å². The van der Waals surface area contributed by atoms with Crippen LogP contribution in [0.2, 0.25) is 0 Å². The van der Waals surface area contributed by atoms with Crippen molar-refractivity contribution in [2.75, 3.05) is 46.3 Å². The van der Waals surface area contributed by atoms with Crippen LogP contribution in [0.3, 0.4) is 0 Å². The van der Waals surface area contributed by atoms with Crippen LogP contribution in [0.5, 0.6) is 0 Å². The molecule has 0 aliphatic carbocycles. The highest BCUT2D eigenvalue weighted by Crippen LogP contribution is 2.16. The van der Waals surface area contributed by atoms with Gasteiger partial charge in [-0.2, -0.15) is 0 Å². The molecule has 0 unspecified atom stereocenters. The third-order valence-corrected chi connectivity index (χ3v) is 4.08. The maximum Gasteiger partial charge on any atom is 0.319 e. The van der Waals surface area contributed by atoms with Crippen LogP contribution in [-0.2, 0) is 0 Å². The van der Waals surface area contributed by atoms with Gasteiger partial charge >= 0.3 is 6.03 Å². The molecule has 98 valence electrons. The Balaban J connectivity index is 1.61. The van der Waals surface area contributed by atoms with Crippen molar-refractivity contribution in [3.05, 3.63) is 0 Å². The van der Waals surface area contributed by atoms with E-state index in [2.05, 4.69) is 11.8 Å². The minimum absolute atomic E-state index is 0.206. The molecular weight excluding hydrogens is 214 g/mol. The first-order valence-electron chi connectivity index (χ1n) is 6.89. The number of likely N-dealkylation sites (tertiary alicyclic amines) is 1. The highest BCUT2D eigenvalue weighted by molar-refractivity contribution is 5.76. The molecule has 0 radical (unpaired) electrons. The lowest BCUT2D eigenvalue weighted by Crippen LogP contribution is -2.36. The molecule has 4 heteroatoms. The Labute approximate surface area is 105 Å². The molecular formula is C13H25N3O. The molecule has 4 nitrogen and oxygen atoms in total. The highest BCUT2D eigenvalue weighted by Gasteiger charge is 2.24. The number of carbonyl (C=O) groups is 1. The number of piperidine rings is 1. The lowest BCUT2D eigenvalue weighted by atomic mass is 9.99. The third-order valence-electron chi connectivity index (χ3n) is 4.08. The molecule has 0 aromatic rings. The fraction of sp³-hybridized carbons (Fsp3) is 0.923. The molecule has 0 bridgehead atoms. The first kappa shape index (κ1) is 12.7. The van der Waals surface area contributed by atoms with Crippen LogP contribution in [0, 0.1) is 5.92 Å². The van der Waals surface area contributed by atoms with Gasteiger partial charge in [0, 0.05) is 26.7 Å². The number of urea groups is 1. The largest absolute Gasteiger partial charge is 0.326 e. The van der Waals surface area contributed by atoms with Crippen LogP contribution in [0.25, 0.3) is 0 Å². The molecule has 2 aliphatic heterocycles. The van der Waals surface area contributed by atoms with Gasteiger partial charge in [-0.25, -0.2) is 4.79 Å². The number of amides is 2. The van der Waals surface area contributed by atoms with Crippen LogP contribution >= 0.6 is 0 Å². The molecule has 2 rings (SSSR count). The summed E-state index contributed by atoms with van der Waals surface area (Å²) in [7, 11) is 1.88. The predicted octanol–water partition coefficient (Wildman–Crippen LogP) is 1.48. The summed E-state index contributed by atoms with van der Waals surface area (Å²) in [6.45, 7) is 8.71. The number of hydrogen-bond donors (Lipinski definition) is 0. The zero-order chi connectivity index (χ0) is 12.3. The van der Waals surface area contributed by atoms with E-state index in [1.54, 1.807) is 0 Å². The van der Waals surface area contributed by atoms with Crippen LogP contribution < -0.4 is 0 Å². The van der Waals surface area contributed by atoms with Gasteiger partial charge in [0.2, 0.25) is 0 Å². The van der Waals surface area contributed by atoms with Crippen molar-refractivity contribution >= 4 is 6.03 Å². The Kier molecular flexibility index (Phi) is 4.26. The molecule has 0 saturated carbocycles. The second kappa shape index (κ2) is 5.71. The van der Waals surface area contributed by atoms with Crippen LogP contribution in [0.4, 0.5) is 4.79 Å². The number of hydrogen-bond acceptors (Lipinski definition) is 2. The topological polar surface area (TPSA) is 26.8 Å². The Hall–Kier alpha value is -0.770. The quantitative estimate of drug-likeness (QED) is 0.743. The summed E-state index contributed by atoms with van der Waals surface area (Å²) in [5.41, 5.74) is 0. The van der Waals surface area contributed by atoms with E-state index in [9.17, 15) is 4.79 Å². The molecule has 0 aromatic carbocycles. The van der Waals surface area contributed by atoms with E-state index < -0.39 is 0 Å². The Morgan fingerprint density at radius 3 is 2.41 bits per heavy atom. The van der Waals surface area contributed by atoms with Crippen molar-refractivity contribution in [3.8, 4) is 0 Å². The second-order valence-electron chi connectivity index (χ2n) is 5.57. The van der Waals surface area contributed by atoms with Gasteiger partial charge in [0.25, 0.3) is 0 Å². The zero-order valence-electron chi connectivity index (χ0n) is 11.2. The van der Waals surface area contributed by atoms with E-state index in [0.29, 0.717) is 0 Å².